The van der Waals surface area contributed by atoms with E-state index < -0.39 is 0 Å². The van der Waals surface area contributed by atoms with Crippen molar-refractivity contribution >= 4 is 40.2 Å². The number of carbonyl (C=O) groups is 2. The molecule has 0 bridgehead atoms. The summed E-state index contributed by atoms with van der Waals surface area (Å²) in [6.45, 7) is 2.38. The summed E-state index contributed by atoms with van der Waals surface area (Å²) in [6.07, 6.45) is 5.51. The number of nitrogens with one attached hydrogen (secondary N) is 1. The standard InChI is InChI=1S/C29H27N5O3S/c1-3-23(33-37-2)28(35)31-21-10-8-20(9-11-21)29(36)34-17-14-25-27(22-6-4-5-7-24(22)34)32-26(38-25)18-19-12-15-30-16-13-19/h4-13,15-16H,3,14,17-18H2,1-2H3,(H,31,35)/b33-23+. The predicted molar refractivity (Wildman–Crippen MR) is 150 cm³/mol. The van der Waals surface area contributed by atoms with Gasteiger partial charge in [0.05, 0.1) is 16.4 Å². The number of anilines is 2. The maximum absolute atomic E-state index is 13.6. The molecule has 1 aliphatic heterocycles. The van der Waals surface area contributed by atoms with Crippen LogP contribution in [-0.2, 0) is 22.5 Å². The summed E-state index contributed by atoms with van der Waals surface area (Å²) in [5, 5.41) is 7.60. The highest BCUT2D eigenvalue weighted by atomic mass is 32.1. The van der Waals surface area contributed by atoms with Gasteiger partial charge in [-0.15, -0.1) is 11.3 Å². The van der Waals surface area contributed by atoms with Crippen molar-refractivity contribution in [3.63, 3.8) is 0 Å². The molecule has 5 rings (SSSR count). The van der Waals surface area contributed by atoms with Gasteiger partial charge in [0.25, 0.3) is 11.8 Å². The van der Waals surface area contributed by atoms with Crippen molar-refractivity contribution in [2.75, 3.05) is 23.9 Å². The Hall–Kier alpha value is -4.37. The lowest BCUT2D eigenvalue weighted by Gasteiger charge is -2.23. The molecule has 4 aromatic rings. The molecule has 0 saturated heterocycles. The zero-order valence-corrected chi connectivity index (χ0v) is 22.0. The number of nitrogens with zero attached hydrogens (tertiary/aromatic N) is 4. The van der Waals surface area contributed by atoms with Crippen molar-refractivity contribution < 1.29 is 14.4 Å². The lowest BCUT2D eigenvalue weighted by Crippen LogP contribution is -2.32. The smallest absolute Gasteiger partial charge is 0.273 e. The van der Waals surface area contributed by atoms with Crippen LogP contribution in [0.25, 0.3) is 11.3 Å². The van der Waals surface area contributed by atoms with Gasteiger partial charge >= 0.3 is 0 Å². The fourth-order valence-corrected chi connectivity index (χ4v) is 5.52. The van der Waals surface area contributed by atoms with Crippen molar-refractivity contribution in [2.45, 2.75) is 26.2 Å². The molecule has 9 heteroatoms. The molecule has 38 heavy (non-hydrogen) atoms. The first-order valence-electron chi connectivity index (χ1n) is 12.4. The monoisotopic (exact) mass is 525 g/mol. The number of hydrogen-bond donors (Lipinski definition) is 1. The van der Waals surface area contributed by atoms with E-state index in [1.807, 2.05) is 48.2 Å². The minimum Gasteiger partial charge on any atom is -0.399 e. The zero-order valence-electron chi connectivity index (χ0n) is 21.2. The van der Waals surface area contributed by atoms with Gasteiger partial charge in [-0.2, -0.15) is 0 Å². The number of benzene rings is 2. The van der Waals surface area contributed by atoms with Gasteiger partial charge in [-0.05, 0) is 54.4 Å². The third-order valence-electron chi connectivity index (χ3n) is 6.29. The summed E-state index contributed by atoms with van der Waals surface area (Å²) in [5.41, 5.74) is 5.33. The number of para-hydroxylation sites is 1. The Labute approximate surface area is 225 Å². The number of pyridine rings is 1. The van der Waals surface area contributed by atoms with Crippen molar-refractivity contribution in [1.82, 2.24) is 9.97 Å². The number of fused-ring (bicyclic) bond motifs is 3. The first-order chi connectivity index (χ1) is 18.6. The molecule has 2 aromatic heterocycles. The highest BCUT2D eigenvalue weighted by Gasteiger charge is 2.27. The van der Waals surface area contributed by atoms with Crippen molar-refractivity contribution in [3.05, 3.63) is 94.1 Å². The molecule has 0 aliphatic carbocycles. The van der Waals surface area contributed by atoms with E-state index in [2.05, 4.69) is 15.5 Å². The van der Waals surface area contributed by atoms with E-state index in [0.717, 1.165) is 34.8 Å². The molecular weight excluding hydrogens is 498 g/mol. The van der Waals surface area contributed by atoms with Gasteiger partial charge in [-0.25, -0.2) is 4.98 Å². The third-order valence-corrected chi connectivity index (χ3v) is 7.41. The topological polar surface area (TPSA) is 96.8 Å². The maximum Gasteiger partial charge on any atom is 0.273 e. The molecule has 1 aliphatic rings. The minimum atomic E-state index is -0.336. The van der Waals surface area contributed by atoms with E-state index in [9.17, 15) is 9.59 Å². The van der Waals surface area contributed by atoms with E-state index in [1.165, 1.54) is 17.6 Å². The first kappa shape index (κ1) is 25.3. The average molecular weight is 526 g/mol. The molecule has 0 spiro atoms. The van der Waals surface area contributed by atoms with Crippen LogP contribution in [0.3, 0.4) is 0 Å². The van der Waals surface area contributed by atoms with E-state index >= 15 is 0 Å². The first-order valence-corrected chi connectivity index (χ1v) is 13.2. The summed E-state index contributed by atoms with van der Waals surface area (Å²) in [4.78, 5) is 42.8. The Morgan fingerprint density at radius 3 is 2.58 bits per heavy atom. The van der Waals surface area contributed by atoms with Crippen LogP contribution in [0.5, 0.6) is 0 Å². The second kappa shape index (κ2) is 11.4. The molecule has 0 radical (unpaired) electrons. The minimum absolute atomic E-state index is 0.0994. The zero-order chi connectivity index (χ0) is 26.5. The lowest BCUT2D eigenvalue weighted by molar-refractivity contribution is -0.110. The highest BCUT2D eigenvalue weighted by Crippen LogP contribution is 2.39. The molecule has 192 valence electrons. The summed E-state index contributed by atoms with van der Waals surface area (Å²) in [5.74, 6) is -0.436. The van der Waals surface area contributed by atoms with E-state index in [-0.39, 0.29) is 11.8 Å². The summed E-state index contributed by atoms with van der Waals surface area (Å²) >= 11 is 1.70. The molecule has 0 fully saturated rings. The summed E-state index contributed by atoms with van der Waals surface area (Å²) in [6, 6.07) is 18.8. The third kappa shape index (κ3) is 5.33. The molecule has 3 heterocycles. The molecule has 1 N–H and O–H groups in total. The van der Waals surface area contributed by atoms with Gasteiger partial charge in [-0.3, -0.25) is 14.6 Å². The molecule has 2 aromatic carbocycles. The normalized spacial score (nSPS) is 12.8. The number of rotatable bonds is 7. The average Bonchev–Trinajstić information content (AvgIpc) is 3.28. The summed E-state index contributed by atoms with van der Waals surface area (Å²) in [7, 11) is 1.40. The van der Waals surface area contributed by atoms with Gasteiger partial charge in [-0.1, -0.05) is 30.3 Å². The number of amides is 2. The van der Waals surface area contributed by atoms with Gasteiger partial charge in [0.15, 0.2) is 0 Å². The fourth-order valence-electron chi connectivity index (χ4n) is 4.42. The molecule has 2 amide bonds. The van der Waals surface area contributed by atoms with E-state index in [4.69, 9.17) is 9.82 Å². The van der Waals surface area contributed by atoms with Crippen LogP contribution in [0.2, 0.25) is 0 Å². The fraction of sp³-hybridized carbons (Fsp3) is 0.207. The Morgan fingerprint density at radius 1 is 1.08 bits per heavy atom. The molecule has 0 atom stereocenters. The Morgan fingerprint density at radius 2 is 1.84 bits per heavy atom. The number of thiazole rings is 1. The van der Waals surface area contributed by atoms with Crippen molar-refractivity contribution in [1.29, 1.82) is 0 Å². The second-order valence-corrected chi connectivity index (χ2v) is 9.91. The quantitative estimate of drug-likeness (QED) is 0.259. The Bertz CT molecular complexity index is 1480. The van der Waals surface area contributed by atoms with Gasteiger partial charge in [0.2, 0.25) is 0 Å². The van der Waals surface area contributed by atoms with Crippen molar-refractivity contribution in [3.8, 4) is 11.3 Å². The van der Waals surface area contributed by atoms with Crippen LogP contribution in [0.15, 0.2) is 78.2 Å². The van der Waals surface area contributed by atoms with Crippen LogP contribution in [0, 0.1) is 0 Å². The van der Waals surface area contributed by atoms with Crippen LogP contribution < -0.4 is 10.2 Å². The SMILES string of the molecule is CC/C(=N\OC)C(=O)Nc1ccc(C(=O)N2CCc3sc(Cc4ccncc4)nc3-c3ccccc32)cc1. The van der Waals surface area contributed by atoms with Gasteiger partial charge in [0.1, 0.15) is 12.8 Å². The van der Waals surface area contributed by atoms with Crippen molar-refractivity contribution in [2.24, 2.45) is 5.16 Å². The summed E-state index contributed by atoms with van der Waals surface area (Å²) < 4.78 is 0. The number of hydrogen-bond acceptors (Lipinski definition) is 7. The van der Waals surface area contributed by atoms with Crippen LogP contribution >= 0.6 is 11.3 Å². The molecule has 0 unspecified atom stereocenters. The largest absolute Gasteiger partial charge is 0.399 e. The predicted octanol–water partition coefficient (Wildman–Crippen LogP) is 5.35. The highest BCUT2D eigenvalue weighted by molar-refractivity contribution is 7.12. The maximum atomic E-state index is 13.6. The van der Waals surface area contributed by atoms with Crippen LogP contribution in [0.1, 0.15) is 39.2 Å². The molecular formula is C29H27N5O3S. The molecule has 8 nitrogen and oxygen atoms in total. The van der Waals surface area contributed by atoms with E-state index in [0.29, 0.717) is 29.9 Å². The lowest BCUT2D eigenvalue weighted by atomic mass is 10.1. The van der Waals surface area contributed by atoms with Crippen LogP contribution in [0.4, 0.5) is 11.4 Å². The second-order valence-electron chi connectivity index (χ2n) is 8.74. The Kier molecular flexibility index (Phi) is 7.55. The van der Waals surface area contributed by atoms with E-state index in [1.54, 1.807) is 48.0 Å². The number of aromatic nitrogens is 2. The molecule has 0 saturated carbocycles. The van der Waals surface area contributed by atoms with Gasteiger partial charge in [0, 0.05) is 53.5 Å². The number of carbonyl (C=O) groups excluding carboxylic acids is 2. The number of oxime groups is 1. The van der Waals surface area contributed by atoms with Gasteiger partial charge < -0.3 is 15.1 Å². The Balaban J connectivity index is 1.37. The van der Waals surface area contributed by atoms with Crippen LogP contribution in [-0.4, -0.2) is 41.1 Å².